The van der Waals surface area contributed by atoms with Crippen molar-refractivity contribution in [1.29, 1.82) is 0 Å². The molecule has 0 radical (unpaired) electrons. The number of nitrogens with one attached hydrogen (secondary N) is 1. The van der Waals surface area contributed by atoms with Crippen LogP contribution in [-0.4, -0.2) is 32.0 Å². The summed E-state index contributed by atoms with van der Waals surface area (Å²) in [6, 6.07) is 16.2. The van der Waals surface area contributed by atoms with Crippen LogP contribution in [0.15, 0.2) is 54.6 Å². The van der Waals surface area contributed by atoms with Crippen molar-refractivity contribution < 1.29 is 19.1 Å². The lowest BCUT2D eigenvalue weighted by Gasteiger charge is -2.08. The van der Waals surface area contributed by atoms with E-state index in [0.29, 0.717) is 24.5 Å². The van der Waals surface area contributed by atoms with E-state index in [1.165, 1.54) is 0 Å². The van der Waals surface area contributed by atoms with Crippen LogP contribution in [0.25, 0.3) is 0 Å². The summed E-state index contributed by atoms with van der Waals surface area (Å²) in [7, 11) is 1.59. The van der Waals surface area contributed by atoms with Gasteiger partial charge in [0.1, 0.15) is 18.1 Å². The molecule has 2 rings (SSSR count). The van der Waals surface area contributed by atoms with Crippen LogP contribution >= 0.6 is 0 Å². The zero-order valence-corrected chi connectivity index (χ0v) is 13.7. The molecule has 2 aromatic rings. The van der Waals surface area contributed by atoms with Crippen LogP contribution < -0.4 is 14.8 Å². The molecule has 1 N–H and O–H groups in total. The highest BCUT2D eigenvalue weighted by atomic mass is 16.5. The van der Waals surface area contributed by atoms with Crippen molar-refractivity contribution in [2.24, 2.45) is 0 Å². The van der Waals surface area contributed by atoms with Crippen molar-refractivity contribution in [2.45, 2.75) is 12.8 Å². The van der Waals surface area contributed by atoms with Crippen molar-refractivity contribution in [3.8, 4) is 11.5 Å². The van der Waals surface area contributed by atoms with Crippen molar-refractivity contribution in [1.82, 2.24) is 5.32 Å². The first-order chi connectivity index (χ1) is 11.7. The Morgan fingerprint density at radius 2 is 1.71 bits per heavy atom. The van der Waals surface area contributed by atoms with Crippen LogP contribution in [0.5, 0.6) is 11.5 Å². The first kappa shape index (κ1) is 17.5. The van der Waals surface area contributed by atoms with E-state index in [1.54, 1.807) is 25.3 Å². The van der Waals surface area contributed by atoms with Crippen LogP contribution in [0.3, 0.4) is 0 Å². The Morgan fingerprint density at radius 3 is 2.46 bits per heavy atom. The van der Waals surface area contributed by atoms with E-state index < -0.39 is 0 Å². The van der Waals surface area contributed by atoms with Gasteiger partial charge in [-0.2, -0.15) is 0 Å². The lowest BCUT2D eigenvalue weighted by molar-refractivity contribution is -0.121. The molecule has 0 aliphatic carbocycles. The number of ether oxygens (including phenoxy) is 2. The molecule has 0 bridgehead atoms. The third-order valence-corrected chi connectivity index (χ3v) is 3.41. The highest BCUT2D eigenvalue weighted by molar-refractivity contribution is 5.97. The van der Waals surface area contributed by atoms with Gasteiger partial charge in [-0.1, -0.05) is 36.4 Å². The number of amides is 1. The predicted molar refractivity (Wildman–Crippen MR) is 91.5 cm³/mol. The molecule has 0 atom stereocenters. The summed E-state index contributed by atoms with van der Waals surface area (Å²) in [5.41, 5.74) is 0.631. The molecule has 5 nitrogen and oxygen atoms in total. The fourth-order valence-corrected chi connectivity index (χ4v) is 2.13. The molecule has 0 aliphatic heterocycles. The van der Waals surface area contributed by atoms with Gasteiger partial charge in [0, 0.05) is 24.5 Å². The van der Waals surface area contributed by atoms with Gasteiger partial charge in [-0.3, -0.25) is 9.59 Å². The van der Waals surface area contributed by atoms with E-state index in [1.807, 2.05) is 36.4 Å². The minimum Gasteiger partial charge on any atom is -0.497 e. The number of ketones is 1. The van der Waals surface area contributed by atoms with Crippen LogP contribution in [0.2, 0.25) is 0 Å². The van der Waals surface area contributed by atoms with Gasteiger partial charge < -0.3 is 14.8 Å². The summed E-state index contributed by atoms with van der Waals surface area (Å²) in [4.78, 5) is 23.7. The summed E-state index contributed by atoms with van der Waals surface area (Å²) in [6.07, 6.45) is 0.374. The number of rotatable bonds is 9. The number of hydrogen-bond donors (Lipinski definition) is 1. The minimum absolute atomic E-state index is 0.0293. The number of benzene rings is 2. The number of carbonyl (C=O) groups is 2. The predicted octanol–water partition coefficient (Wildman–Crippen LogP) is 2.85. The van der Waals surface area contributed by atoms with Gasteiger partial charge in [-0.05, 0) is 12.1 Å². The van der Waals surface area contributed by atoms with E-state index in [0.717, 1.165) is 5.75 Å². The molecule has 0 aliphatic rings. The molecule has 0 spiro atoms. The Balaban J connectivity index is 1.63. The Bertz CT molecular complexity index is 670. The largest absolute Gasteiger partial charge is 0.497 e. The molecule has 1 amide bonds. The normalized spacial score (nSPS) is 10.0. The Hall–Kier alpha value is -2.82. The van der Waals surface area contributed by atoms with E-state index in [2.05, 4.69) is 5.32 Å². The fourth-order valence-electron chi connectivity index (χ4n) is 2.13. The van der Waals surface area contributed by atoms with Gasteiger partial charge in [0.2, 0.25) is 5.91 Å². The minimum atomic E-state index is -0.159. The van der Waals surface area contributed by atoms with Crippen molar-refractivity contribution in [3.63, 3.8) is 0 Å². The molecular formula is C19H21NO4. The molecule has 5 heteroatoms. The molecule has 0 unspecified atom stereocenters. The van der Waals surface area contributed by atoms with Crippen molar-refractivity contribution in [2.75, 3.05) is 20.3 Å². The molecule has 0 fully saturated rings. The monoisotopic (exact) mass is 327 g/mol. The maximum atomic E-state index is 11.9. The number of hydrogen-bond acceptors (Lipinski definition) is 4. The molecule has 126 valence electrons. The van der Waals surface area contributed by atoms with E-state index in [-0.39, 0.29) is 24.5 Å². The summed E-state index contributed by atoms with van der Waals surface area (Å²) >= 11 is 0. The lowest BCUT2D eigenvalue weighted by Crippen LogP contribution is -2.28. The average molecular weight is 327 g/mol. The average Bonchev–Trinajstić information content (AvgIpc) is 2.64. The van der Waals surface area contributed by atoms with Gasteiger partial charge in [0.15, 0.2) is 5.78 Å². The summed E-state index contributed by atoms with van der Waals surface area (Å²) < 4.78 is 10.6. The van der Waals surface area contributed by atoms with Crippen LogP contribution in [0.4, 0.5) is 0 Å². The summed E-state index contributed by atoms with van der Waals surface area (Å²) in [6.45, 7) is 0.737. The molecule has 0 aromatic heterocycles. The smallest absolute Gasteiger partial charge is 0.220 e. The van der Waals surface area contributed by atoms with E-state index in [9.17, 15) is 9.59 Å². The van der Waals surface area contributed by atoms with Gasteiger partial charge >= 0.3 is 0 Å². The Morgan fingerprint density at radius 1 is 0.958 bits per heavy atom. The second kappa shape index (κ2) is 9.35. The molecular weight excluding hydrogens is 306 g/mol. The van der Waals surface area contributed by atoms with Gasteiger partial charge in [0.05, 0.1) is 13.7 Å². The topological polar surface area (TPSA) is 64.6 Å². The first-order valence-electron chi connectivity index (χ1n) is 7.81. The lowest BCUT2D eigenvalue weighted by atomic mass is 10.1. The van der Waals surface area contributed by atoms with Crippen molar-refractivity contribution in [3.05, 3.63) is 60.2 Å². The standard InChI is InChI=1S/C19H21NO4/c1-23-16-8-5-9-17(14-16)24-13-12-20-19(22)11-10-18(21)15-6-3-2-4-7-15/h2-9,14H,10-13H2,1H3,(H,20,22). The van der Waals surface area contributed by atoms with E-state index >= 15 is 0 Å². The second-order valence-electron chi connectivity index (χ2n) is 5.17. The molecule has 0 heterocycles. The quantitative estimate of drug-likeness (QED) is 0.568. The SMILES string of the molecule is COc1cccc(OCCNC(=O)CCC(=O)c2ccccc2)c1. The zero-order valence-electron chi connectivity index (χ0n) is 13.7. The highest BCUT2D eigenvalue weighted by Gasteiger charge is 2.08. The van der Waals surface area contributed by atoms with Crippen LogP contribution in [0, 0.1) is 0 Å². The molecule has 2 aromatic carbocycles. The first-order valence-corrected chi connectivity index (χ1v) is 7.81. The molecule has 0 saturated heterocycles. The third kappa shape index (κ3) is 5.76. The van der Waals surface area contributed by atoms with Gasteiger partial charge in [0.25, 0.3) is 0 Å². The molecule has 24 heavy (non-hydrogen) atoms. The van der Waals surface area contributed by atoms with Crippen molar-refractivity contribution >= 4 is 11.7 Å². The third-order valence-electron chi connectivity index (χ3n) is 3.41. The second-order valence-corrected chi connectivity index (χ2v) is 5.17. The number of Topliss-reactive ketones (excluding diaryl/α,β-unsaturated/α-hetero) is 1. The maximum Gasteiger partial charge on any atom is 0.220 e. The summed E-state index contributed by atoms with van der Waals surface area (Å²) in [5, 5.41) is 2.74. The maximum absolute atomic E-state index is 11.9. The molecule has 0 saturated carbocycles. The van der Waals surface area contributed by atoms with Gasteiger partial charge in [-0.25, -0.2) is 0 Å². The number of carbonyl (C=O) groups excluding carboxylic acids is 2. The number of methoxy groups -OCH3 is 1. The Kier molecular flexibility index (Phi) is 6.83. The van der Waals surface area contributed by atoms with Crippen LogP contribution in [0.1, 0.15) is 23.2 Å². The summed E-state index contributed by atoms with van der Waals surface area (Å²) in [5.74, 6) is 1.21. The zero-order chi connectivity index (χ0) is 17.2. The fraction of sp³-hybridized carbons (Fsp3) is 0.263. The van der Waals surface area contributed by atoms with Crippen LogP contribution in [-0.2, 0) is 4.79 Å². The van der Waals surface area contributed by atoms with E-state index in [4.69, 9.17) is 9.47 Å². The van der Waals surface area contributed by atoms with Gasteiger partial charge in [-0.15, -0.1) is 0 Å². The Labute approximate surface area is 141 Å². The highest BCUT2D eigenvalue weighted by Crippen LogP contribution is 2.18.